The molecule has 19 heavy (non-hydrogen) atoms. The Bertz CT molecular complexity index is 434. The van der Waals surface area contributed by atoms with E-state index in [0.717, 1.165) is 19.0 Å². The van der Waals surface area contributed by atoms with Crippen molar-refractivity contribution in [2.24, 2.45) is 0 Å². The lowest BCUT2D eigenvalue weighted by Crippen LogP contribution is -2.41. The van der Waals surface area contributed by atoms with Crippen LogP contribution in [-0.2, 0) is 4.74 Å². The SMILES string of the molecule is O=C(c1cncc(F)c1)N1CCC(OCCO)CC1. The lowest BCUT2D eigenvalue weighted by Gasteiger charge is -2.31. The zero-order chi connectivity index (χ0) is 13.7. The first kappa shape index (κ1) is 13.9. The number of carbonyl (C=O) groups excluding carboxylic acids is 1. The van der Waals surface area contributed by atoms with Crippen LogP contribution in [0.1, 0.15) is 23.2 Å². The van der Waals surface area contributed by atoms with Crippen LogP contribution in [0.15, 0.2) is 18.5 Å². The largest absolute Gasteiger partial charge is 0.394 e. The fourth-order valence-corrected chi connectivity index (χ4v) is 2.16. The molecule has 1 N–H and O–H groups in total. The second-order valence-corrected chi connectivity index (χ2v) is 4.48. The van der Waals surface area contributed by atoms with Gasteiger partial charge in [0.25, 0.3) is 5.91 Å². The van der Waals surface area contributed by atoms with Crippen molar-refractivity contribution in [1.82, 2.24) is 9.88 Å². The zero-order valence-electron chi connectivity index (χ0n) is 10.6. The number of likely N-dealkylation sites (tertiary alicyclic amines) is 1. The smallest absolute Gasteiger partial charge is 0.255 e. The van der Waals surface area contributed by atoms with Gasteiger partial charge in [-0.15, -0.1) is 0 Å². The molecule has 0 radical (unpaired) electrons. The molecule has 1 aromatic rings. The van der Waals surface area contributed by atoms with Gasteiger partial charge < -0.3 is 14.7 Å². The Morgan fingerprint density at radius 3 is 2.84 bits per heavy atom. The highest BCUT2D eigenvalue weighted by atomic mass is 19.1. The minimum Gasteiger partial charge on any atom is -0.394 e. The van der Waals surface area contributed by atoms with Gasteiger partial charge in [0.15, 0.2) is 0 Å². The lowest BCUT2D eigenvalue weighted by molar-refractivity contribution is -0.00555. The van der Waals surface area contributed by atoms with E-state index < -0.39 is 5.82 Å². The van der Waals surface area contributed by atoms with Gasteiger partial charge in [0, 0.05) is 19.3 Å². The Kier molecular flexibility index (Phi) is 4.81. The number of aliphatic hydroxyl groups excluding tert-OH is 1. The number of halogens is 1. The molecule has 0 saturated carbocycles. The van der Waals surface area contributed by atoms with E-state index in [1.807, 2.05) is 0 Å². The van der Waals surface area contributed by atoms with Crippen molar-refractivity contribution in [2.75, 3.05) is 26.3 Å². The van der Waals surface area contributed by atoms with Crippen molar-refractivity contribution >= 4 is 5.91 Å². The third kappa shape index (κ3) is 3.71. The van der Waals surface area contributed by atoms with E-state index in [4.69, 9.17) is 9.84 Å². The van der Waals surface area contributed by atoms with Crippen molar-refractivity contribution in [3.63, 3.8) is 0 Å². The van der Waals surface area contributed by atoms with Crippen molar-refractivity contribution in [3.05, 3.63) is 29.8 Å². The zero-order valence-corrected chi connectivity index (χ0v) is 10.6. The summed E-state index contributed by atoms with van der Waals surface area (Å²) < 4.78 is 18.4. The molecule has 0 spiro atoms. The number of aliphatic hydroxyl groups is 1. The van der Waals surface area contributed by atoms with Crippen molar-refractivity contribution < 1.29 is 19.0 Å². The summed E-state index contributed by atoms with van der Waals surface area (Å²) >= 11 is 0. The molecule has 0 aromatic carbocycles. The average Bonchev–Trinajstić information content (AvgIpc) is 2.45. The molecule has 104 valence electrons. The predicted octanol–water partition coefficient (Wildman–Crippen LogP) is 0.834. The number of hydrogen-bond acceptors (Lipinski definition) is 4. The van der Waals surface area contributed by atoms with E-state index in [-0.39, 0.29) is 24.2 Å². The monoisotopic (exact) mass is 268 g/mol. The van der Waals surface area contributed by atoms with Gasteiger partial charge in [0.1, 0.15) is 5.82 Å². The second-order valence-electron chi connectivity index (χ2n) is 4.48. The van der Waals surface area contributed by atoms with Crippen LogP contribution in [0.2, 0.25) is 0 Å². The van der Waals surface area contributed by atoms with Crippen LogP contribution < -0.4 is 0 Å². The number of rotatable bonds is 4. The van der Waals surface area contributed by atoms with Gasteiger partial charge in [-0.2, -0.15) is 0 Å². The van der Waals surface area contributed by atoms with E-state index in [1.54, 1.807) is 4.90 Å². The molecule has 1 fully saturated rings. The average molecular weight is 268 g/mol. The maximum Gasteiger partial charge on any atom is 0.255 e. The Labute approximate surface area is 111 Å². The number of pyridine rings is 1. The summed E-state index contributed by atoms with van der Waals surface area (Å²) in [5.41, 5.74) is 0.273. The Hall–Kier alpha value is -1.53. The first-order chi connectivity index (χ1) is 9.20. The van der Waals surface area contributed by atoms with Gasteiger partial charge in [-0.05, 0) is 18.9 Å². The van der Waals surface area contributed by atoms with Crippen LogP contribution in [0, 0.1) is 5.82 Å². The van der Waals surface area contributed by atoms with Gasteiger partial charge in [-0.3, -0.25) is 9.78 Å². The highest BCUT2D eigenvalue weighted by molar-refractivity contribution is 5.93. The van der Waals surface area contributed by atoms with Crippen LogP contribution >= 0.6 is 0 Å². The van der Waals surface area contributed by atoms with Gasteiger partial charge in [0.2, 0.25) is 0 Å². The molecular formula is C13H17FN2O3. The van der Waals surface area contributed by atoms with Crippen LogP contribution in [0.25, 0.3) is 0 Å². The number of amides is 1. The Balaban J connectivity index is 1.89. The molecule has 0 bridgehead atoms. The molecule has 2 heterocycles. The molecule has 1 aromatic heterocycles. The number of aromatic nitrogens is 1. The minimum atomic E-state index is -0.507. The summed E-state index contributed by atoms with van der Waals surface area (Å²) in [6.45, 7) is 1.48. The molecule has 2 rings (SSSR count). The van der Waals surface area contributed by atoms with Crippen LogP contribution in [0.4, 0.5) is 4.39 Å². The van der Waals surface area contributed by atoms with Gasteiger partial charge in [0.05, 0.1) is 31.1 Å². The maximum absolute atomic E-state index is 13.0. The van der Waals surface area contributed by atoms with Crippen LogP contribution in [0.3, 0.4) is 0 Å². The molecular weight excluding hydrogens is 251 g/mol. The predicted molar refractivity (Wildman–Crippen MR) is 66.2 cm³/mol. The first-order valence-electron chi connectivity index (χ1n) is 6.33. The number of nitrogens with zero attached hydrogens (tertiary/aromatic N) is 2. The summed E-state index contributed by atoms with van der Waals surface area (Å²) in [7, 11) is 0. The molecule has 1 aliphatic heterocycles. The summed E-state index contributed by atoms with van der Waals surface area (Å²) in [5.74, 6) is -0.709. The Morgan fingerprint density at radius 1 is 1.47 bits per heavy atom. The first-order valence-corrected chi connectivity index (χ1v) is 6.33. The summed E-state index contributed by atoms with van der Waals surface area (Å²) in [4.78, 5) is 17.5. The van der Waals surface area contributed by atoms with Gasteiger partial charge in [-0.1, -0.05) is 0 Å². The normalized spacial score (nSPS) is 16.6. The summed E-state index contributed by atoms with van der Waals surface area (Å²) in [5, 5.41) is 8.68. The molecule has 6 heteroatoms. The fraction of sp³-hybridized carbons (Fsp3) is 0.538. The van der Waals surface area contributed by atoms with E-state index in [2.05, 4.69) is 4.98 Å². The van der Waals surface area contributed by atoms with Crippen molar-refractivity contribution in [1.29, 1.82) is 0 Å². The number of ether oxygens (including phenoxy) is 1. The quantitative estimate of drug-likeness (QED) is 0.878. The third-order valence-electron chi connectivity index (χ3n) is 3.13. The fourth-order valence-electron chi connectivity index (χ4n) is 2.16. The van der Waals surface area contributed by atoms with Gasteiger partial charge >= 0.3 is 0 Å². The van der Waals surface area contributed by atoms with E-state index in [1.165, 1.54) is 12.3 Å². The lowest BCUT2D eigenvalue weighted by atomic mass is 10.1. The van der Waals surface area contributed by atoms with Crippen LogP contribution in [0.5, 0.6) is 0 Å². The topological polar surface area (TPSA) is 62.7 Å². The number of hydrogen-bond donors (Lipinski definition) is 1. The molecule has 1 saturated heterocycles. The summed E-state index contributed by atoms with van der Waals surface area (Å²) in [6.07, 6.45) is 4.00. The van der Waals surface area contributed by atoms with E-state index in [9.17, 15) is 9.18 Å². The highest BCUT2D eigenvalue weighted by Gasteiger charge is 2.24. The van der Waals surface area contributed by atoms with E-state index >= 15 is 0 Å². The molecule has 1 aliphatic rings. The van der Waals surface area contributed by atoms with E-state index in [0.29, 0.717) is 19.7 Å². The molecule has 1 amide bonds. The molecule has 0 aliphatic carbocycles. The van der Waals surface area contributed by atoms with Crippen LogP contribution in [-0.4, -0.2) is 53.3 Å². The van der Waals surface area contributed by atoms with Crippen molar-refractivity contribution in [3.8, 4) is 0 Å². The molecule has 0 atom stereocenters. The second kappa shape index (κ2) is 6.58. The summed E-state index contributed by atoms with van der Waals surface area (Å²) in [6, 6.07) is 1.20. The standard InChI is InChI=1S/C13H17FN2O3/c14-11-7-10(8-15-9-11)13(18)16-3-1-12(2-4-16)19-6-5-17/h7-9,12,17H,1-6H2. The molecule has 0 unspecified atom stereocenters. The minimum absolute atomic E-state index is 0.00804. The third-order valence-corrected chi connectivity index (χ3v) is 3.13. The van der Waals surface area contributed by atoms with Gasteiger partial charge in [-0.25, -0.2) is 4.39 Å². The van der Waals surface area contributed by atoms with Crippen molar-refractivity contribution in [2.45, 2.75) is 18.9 Å². The highest BCUT2D eigenvalue weighted by Crippen LogP contribution is 2.16. The number of piperidine rings is 1. The molecule has 5 nitrogen and oxygen atoms in total. The Morgan fingerprint density at radius 2 is 2.21 bits per heavy atom. The maximum atomic E-state index is 13.0. The number of carbonyl (C=O) groups is 1.